The van der Waals surface area contributed by atoms with E-state index in [-0.39, 0.29) is 5.91 Å². The number of carbonyl (C=O) groups excluding carboxylic acids is 1. The van der Waals surface area contributed by atoms with Gasteiger partial charge in [0.25, 0.3) is 5.91 Å². The van der Waals surface area contributed by atoms with E-state index in [9.17, 15) is 9.59 Å². The molecule has 0 aliphatic heterocycles. The molecule has 2 N–H and O–H groups in total. The third kappa shape index (κ3) is 4.17. The number of amides is 1. The van der Waals surface area contributed by atoms with Crippen LogP contribution >= 0.6 is 34.3 Å². The molecule has 0 aromatic carbocycles. The number of hydrogen-bond donors (Lipinski definition) is 2. The summed E-state index contributed by atoms with van der Waals surface area (Å²) >= 11 is 8.83. The van der Waals surface area contributed by atoms with Crippen molar-refractivity contribution < 1.29 is 14.7 Å². The predicted octanol–water partition coefficient (Wildman–Crippen LogP) is 3.80. The third-order valence-electron chi connectivity index (χ3n) is 2.62. The van der Waals surface area contributed by atoms with Crippen molar-refractivity contribution in [1.29, 1.82) is 0 Å². The largest absolute Gasteiger partial charge is 0.478 e. The van der Waals surface area contributed by atoms with E-state index in [0.717, 1.165) is 22.1 Å². The molecular formula is C14H12ClNO3S2. The lowest BCUT2D eigenvalue weighted by Crippen LogP contribution is -2.21. The molecule has 7 heteroatoms. The smallest absolute Gasteiger partial charge is 0.328 e. The number of hydrogen-bond acceptors (Lipinski definition) is 4. The summed E-state index contributed by atoms with van der Waals surface area (Å²) in [5.74, 6) is -1.19. The van der Waals surface area contributed by atoms with Crippen LogP contribution in [0.25, 0.3) is 6.08 Å². The van der Waals surface area contributed by atoms with Crippen molar-refractivity contribution in [3.8, 4) is 0 Å². The fourth-order valence-corrected chi connectivity index (χ4v) is 3.56. The Balaban J connectivity index is 1.96. The molecule has 0 aliphatic carbocycles. The molecule has 0 atom stereocenters. The first kappa shape index (κ1) is 15.8. The zero-order valence-electron chi connectivity index (χ0n) is 11.1. The van der Waals surface area contributed by atoms with Crippen molar-refractivity contribution in [3.63, 3.8) is 0 Å². The molecule has 0 fully saturated rings. The van der Waals surface area contributed by atoms with Gasteiger partial charge in [-0.2, -0.15) is 0 Å². The van der Waals surface area contributed by atoms with Gasteiger partial charge in [0.15, 0.2) is 0 Å². The van der Waals surface area contributed by atoms with Crippen molar-refractivity contribution in [2.24, 2.45) is 0 Å². The Morgan fingerprint density at radius 3 is 2.76 bits per heavy atom. The van der Waals surface area contributed by atoms with E-state index in [1.165, 1.54) is 28.7 Å². The molecule has 110 valence electrons. The van der Waals surface area contributed by atoms with Gasteiger partial charge in [0, 0.05) is 11.0 Å². The third-order valence-corrected chi connectivity index (χ3v) is 5.27. The molecule has 4 nitrogen and oxygen atoms in total. The van der Waals surface area contributed by atoms with Crippen LogP contribution in [-0.4, -0.2) is 17.0 Å². The van der Waals surface area contributed by atoms with Crippen LogP contribution < -0.4 is 5.32 Å². The van der Waals surface area contributed by atoms with Gasteiger partial charge in [-0.25, -0.2) is 4.79 Å². The van der Waals surface area contributed by atoms with Gasteiger partial charge >= 0.3 is 5.97 Å². The van der Waals surface area contributed by atoms with Crippen molar-refractivity contribution in [3.05, 3.63) is 48.8 Å². The van der Waals surface area contributed by atoms with Gasteiger partial charge in [-0.1, -0.05) is 11.6 Å². The number of aliphatic carboxylic acids is 1. The summed E-state index contributed by atoms with van der Waals surface area (Å²) in [6, 6.07) is 1.84. The van der Waals surface area contributed by atoms with Crippen LogP contribution in [0.3, 0.4) is 0 Å². The quantitative estimate of drug-likeness (QED) is 0.813. The van der Waals surface area contributed by atoms with Crippen molar-refractivity contribution >= 4 is 52.2 Å². The van der Waals surface area contributed by atoms with Crippen LogP contribution in [0.5, 0.6) is 0 Å². The molecule has 21 heavy (non-hydrogen) atoms. The Morgan fingerprint density at radius 1 is 1.38 bits per heavy atom. The predicted molar refractivity (Wildman–Crippen MR) is 86.2 cm³/mol. The lowest BCUT2D eigenvalue weighted by atomic mass is 10.3. The van der Waals surface area contributed by atoms with E-state index in [2.05, 4.69) is 5.32 Å². The SMILES string of the molecule is Cc1csc(C(=O)NCc2cc(/C=C/C(=O)O)cs2)c1Cl. The molecule has 0 saturated carbocycles. The first-order valence-corrected chi connectivity index (χ1v) is 8.11. The van der Waals surface area contributed by atoms with E-state index in [0.29, 0.717) is 16.4 Å². The molecule has 2 rings (SSSR count). The summed E-state index contributed by atoms with van der Waals surface area (Å²) in [4.78, 5) is 23.9. The van der Waals surface area contributed by atoms with Crippen molar-refractivity contribution in [2.75, 3.05) is 0 Å². The van der Waals surface area contributed by atoms with Crippen LogP contribution in [0.4, 0.5) is 0 Å². The fraction of sp³-hybridized carbons (Fsp3) is 0.143. The van der Waals surface area contributed by atoms with E-state index >= 15 is 0 Å². The minimum Gasteiger partial charge on any atom is -0.478 e. The summed E-state index contributed by atoms with van der Waals surface area (Å²) in [5, 5.41) is 15.5. The molecule has 2 heterocycles. The molecule has 0 aliphatic rings. The maximum Gasteiger partial charge on any atom is 0.328 e. The summed E-state index contributed by atoms with van der Waals surface area (Å²) in [6.07, 6.45) is 2.60. The van der Waals surface area contributed by atoms with Gasteiger partial charge in [0.1, 0.15) is 4.88 Å². The van der Waals surface area contributed by atoms with E-state index in [1.54, 1.807) is 0 Å². The summed E-state index contributed by atoms with van der Waals surface area (Å²) < 4.78 is 0. The minimum absolute atomic E-state index is 0.200. The Labute approximate surface area is 134 Å². The van der Waals surface area contributed by atoms with Gasteiger partial charge in [0.2, 0.25) is 0 Å². The van der Waals surface area contributed by atoms with E-state index in [1.807, 2.05) is 23.8 Å². The number of carbonyl (C=O) groups is 2. The minimum atomic E-state index is -0.987. The summed E-state index contributed by atoms with van der Waals surface area (Å²) in [7, 11) is 0. The van der Waals surface area contributed by atoms with Gasteiger partial charge in [-0.05, 0) is 41.0 Å². The maximum atomic E-state index is 12.0. The molecule has 0 saturated heterocycles. The topological polar surface area (TPSA) is 66.4 Å². The Bertz CT molecular complexity index is 703. The van der Waals surface area contributed by atoms with Crippen molar-refractivity contribution in [1.82, 2.24) is 5.32 Å². The number of halogens is 1. The second-order valence-corrected chi connectivity index (χ2v) is 6.52. The molecule has 0 radical (unpaired) electrons. The van der Waals surface area contributed by atoms with Crippen LogP contribution in [0, 0.1) is 6.92 Å². The molecule has 2 aromatic rings. The number of carboxylic acids is 1. The number of aryl methyl sites for hydroxylation is 1. The van der Waals surface area contributed by atoms with Crippen LogP contribution in [0.1, 0.15) is 25.7 Å². The van der Waals surface area contributed by atoms with Crippen LogP contribution in [0.15, 0.2) is 22.9 Å². The standard InChI is InChI=1S/C14H12ClNO3S2/c1-8-6-21-13(12(8)15)14(19)16-5-10-4-9(7-20-10)2-3-11(17)18/h2-4,6-7H,5H2,1H3,(H,16,19)(H,17,18)/b3-2+. The van der Waals surface area contributed by atoms with E-state index < -0.39 is 5.97 Å². The van der Waals surface area contributed by atoms with Gasteiger partial charge in [-0.3, -0.25) is 4.79 Å². The number of carboxylic acid groups (broad SMARTS) is 1. The maximum absolute atomic E-state index is 12.0. The molecular weight excluding hydrogens is 330 g/mol. The Morgan fingerprint density at radius 2 is 2.14 bits per heavy atom. The zero-order valence-corrected chi connectivity index (χ0v) is 13.4. The van der Waals surface area contributed by atoms with Gasteiger partial charge in [0.05, 0.1) is 11.6 Å². The first-order chi connectivity index (χ1) is 9.97. The second-order valence-electron chi connectivity index (χ2n) is 4.26. The lowest BCUT2D eigenvalue weighted by Gasteiger charge is -2.02. The Kier molecular flexibility index (Phi) is 5.17. The monoisotopic (exact) mass is 341 g/mol. The normalized spacial score (nSPS) is 11.0. The summed E-state index contributed by atoms with van der Waals surface area (Å²) in [6.45, 7) is 2.24. The summed E-state index contributed by atoms with van der Waals surface area (Å²) in [5.41, 5.74) is 1.70. The van der Waals surface area contributed by atoms with Crippen LogP contribution in [-0.2, 0) is 11.3 Å². The highest BCUT2D eigenvalue weighted by atomic mass is 35.5. The molecule has 0 spiro atoms. The molecule has 2 aromatic heterocycles. The van der Waals surface area contributed by atoms with Gasteiger partial charge in [-0.15, -0.1) is 22.7 Å². The molecule has 0 unspecified atom stereocenters. The van der Waals surface area contributed by atoms with Crippen LogP contribution in [0.2, 0.25) is 5.02 Å². The van der Waals surface area contributed by atoms with Gasteiger partial charge < -0.3 is 10.4 Å². The molecule has 1 amide bonds. The number of rotatable bonds is 5. The zero-order chi connectivity index (χ0) is 15.4. The van der Waals surface area contributed by atoms with E-state index in [4.69, 9.17) is 16.7 Å². The molecule has 0 bridgehead atoms. The first-order valence-electron chi connectivity index (χ1n) is 5.97. The average Bonchev–Trinajstić information content (AvgIpc) is 3.02. The Hall–Kier alpha value is -1.63. The van der Waals surface area contributed by atoms with Crippen molar-refractivity contribution in [2.45, 2.75) is 13.5 Å². The lowest BCUT2D eigenvalue weighted by molar-refractivity contribution is -0.131. The highest BCUT2D eigenvalue weighted by Crippen LogP contribution is 2.27. The highest BCUT2D eigenvalue weighted by Gasteiger charge is 2.14. The number of thiophene rings is 2. The highest BCUT2D eigenvalue weighted by molar-refractivity contribution is 7.13. The average molecular weight is 342 g/mol. The second kappa shape index (κ2) is 6.89. The fourth-order valence-electron chi connectivity index (χ4n) is 1.58. The number of nitrogens with one attached hydrogen (secondary N) is 1.